The minimum Gasteiger partial charge on any atom is -0.494 e. The first-order valence-electron chi connectivity index (χ1n) is 12.5. The highest BCUT2D eigenvalue weighted by atomic mass is 16.5. The fraction of sp³-hybridized carbons (Fsp3) is 0.500. The number of hydrogen-bond acceptors (Lipinski definition) is 4. The Hall–Kier alpha value is -2.86. The lowest BCUT2D eigenvalue weighted by molar-refractivity contribution is -0.124. The van der Waals surface area contributed by atoms with Crippen molar-refractivity contribution >= 4 is 16.9 Å². The largest absolute Gasteiger partial charge is 0.494 e. The molecular weight excluding hydrogens is 426 g/mol. The molecule has 0 aliphatic heterocycles. The fourth-order valence-corrected chi connectivity index (χ4v) is 4.07. The van der Waals surface area contributed by atoms with E-state index in [1.807, 2.05) is 6.07 Å². The van der Waals surface area contributed by atoms with E-state index in [1.54, 1.807) is 0 Å². The molecular formula is C28H39N3O3. The summed E-state index contributed by atoms with van der Waals surface area (Å²) in [6.45, 7) is 6.89. The highest BCUT2D eigenvalue weighted by molar-refractivity contribution is 5.77. The normalized spacial score (nSPS) is 11.3. The minimum atomic E-state index is -0.0548. The first kappa shape index (κ1) is 25.8. The molecule has 6 nitrogen and oxygen atoms in total. The maximum atomic E-state index is 11.4. The summed E-state index contributed by atoms with van der Waals surface area (Å²) in [5.41, 5.74) is 3.60. The van der Waals surface area contributed by atoms with Crippen LogP contribution in [0, 0.1) is 0 Å². The summed E-state index contributed by atoms with van der Waals surface area (Å²) in [6, 6.07) is 16.8. The van der Waals surface area contributed by atoms with Crippen molar-refractivity contribution < 1.29 is 14.3 Å². The lowest BCUT2D eigenvalue weighted by atomic mass is 10.0. The van der Waals surface area contributed by atoms with E-state index in [4.69, 9.17) is 14.5 Å². The number of para-hydroxylation sites is 2. The highest BCUT2D eigenvalue weighted by Crippen LogP contribution is 2.20. The molecule has 0 bridgehead atoms. The van der Waals surface area contributed by atoms with Gasteiger partial charge in [-0.2, -0.15) is 0 Å². The molecule has 184 valence electrons. The van der Waals surface area contributed by atoms with Gasteiger partial charge in [0.25, 0.3) is 0 Å². The number of aromatic nitrogens is 2. The van der Waals surface area contributed by atoms with Gasteiger partial charge in [0.15, 0.2) is 0 Å². The van der Waals surface area contributed by atoms with Crippen LogP contribution in [0.1, 0.15) is 63.3 Å². The molecule has 0 fully saturated rings. The van der Waals surface area contributed by atoms with Gasteiger partial charge < -0.3 is 19.4 Å². The van der Waals surface area contributed by atoms with Crippen molar-refractivity contribution in [1.82, 2.24) is 14.9 Å². The molecule has 2 aromatic carbocycles. The summed E-state index contributed by atoms with van der Waals surface area (Å²) in [5, 5.41) is 2.88. The summed E-state index contributed by atoms with van der Waals surface area (Å²) in [5.74, 6) is 2.57. The first-order chi connectivity index (χ1) is 16.6. The standard InChI is InChI=1S/C28H39N3O3/c1-22(2)23-14-16-24(17-15-23)34-20-10-9-19-31-26-12-7-6-11-25(26)30-27(31)13-5-4-8-18-29-28(32)21-33-3/h6-7,11-12,14-17,22H,4-5,8-10,13,18-21H2,1-3H3,(H,29,32). The summed E-state index contributed by atoms with van der Waals surface area (Å²) in [7, 11) is 1.53. The smallest absolute Gasteiger partial charge is 0.245 e. The third-order valence-corrected chi connectivity index (χ3v) is 6.00. The third-order valence-electron chi connectivity index (χ3n) is 6.00. The maximum absolute atomic E-state index is 11.4. The van der Waals surface area contributed by atoms with Crippen molar-refractivity contribution in [2.24, 2.45) is 0 Å². The number of ether oxygens (including phenoxy) is 2. The molecule has 0 saturated carbocycles. The molecule has 0 unspecified atom stereocenters. The second kappa shape index (κ2) is 13.8. The number of rotatable bonds is 15. The van der Waals surface area contributed by atoms with Gasteiger partial charge in [-0.3, -0.25) is 4.79 Å². The Morgan fingerprint density at radius 2 is 1.79 bits per heavy atom. The summed E-state index contributed by atoms with van der Waals surface area (Å²) >= 11 is 0. The number of nitrogens with zero attached hydrogens (tertiary/aromatic N) is 2. The van der Waals surface area contributed by atoms with Gasteiger partial charge in [0.1, 0.15) is 18.2 Å². The molecule has 1 aromatic heterocycles. The number of nitrogens with one attached hydrogen (secondary N) is 1. The van der Waals surface area contributed by atoms with Crippen molar-refractivity contribution in [3.8, 4) is 5.75 Å². The molecule has 1 N–H and O–H groups in total. The van der Waals surface area contributed by atoms with Crippen molar-refractivity contribution in [3.05, 3.63) is 59.9 Å². The van der Waals surface area contributed by atoms with Crippen LogP contribution in [-0.4, -0.2) is 42.3 Å². The van der Waals surface area contributed by atoms with Crippen LogP contribution in [0.5, 0.6) is 5.75 Å². The quantitative estimate of drug-likeness (QED) is 0.301. The van der Waals surface area contributed by atoms with Crippen LogP contribution in [0.2, 0.25) is 0 Å². The van der Waals surface area contributed by atoms with Crippen LogP contribution < -0.4 is 10.1 Å². The maximum Gasteiger partial charge on any atom is 0.245 e. The van der Waals surface area contributed by atoms with Crippen LogP contribution in [-0.2, 0) is 22.5 Å². The Balaban J connectivity index is 1.44. The summed E-state index contributed by atoms with van der Waals surface area (Å²) < 4.78 is 13.2. The topological polar surface area (TPSA) is 65.4 Å². The lowest BCUT2D eigenvalue weighted by Gasteiger charge is -2.11. The predicted molar refractivity (Wildman–Crippen MR) is 137 cm³/mol. The molecule has 0 spiro atoms. The van der Waals surface area contributed by atoms with E-state index in [0.29, 0.717) is 12.5 Å². The molecule has 34 heavy (non-hydrogen) atoms. The number of imidazole rings is 1. The van der Waals surface area contributed by atoms with Gasteiger partial charge in [0, 0.05) is 26.6 Å². The Bertz CT molecular complexity index is 1010. The van der Waals surface area contributed by atoms with E-state index in [0.717, 1.165) is 68.8 Å². The fourth-order valence-electron chi connectivity index (χ4n) is 4.07. The average Bonchev–Trinajstić information content (AvgIpc) is 3.19. The number of aryl methyl sites for hydroxylation is 2. The molecule has 0 saturated heterocycles. The van der Waals surface area contributed by atoms with E-state index in [9.17, 15) is 4.79 Å². The molecule has 0 radical (unpaired) electrons. The minimum absolute atomic E-state index is 0.0548. The summed E-state index contributed by atoms with van der Waals surface area (Å²) in [6.07, 6.45) is 6.06. The zero-order valence-electron chi connectivity index (χ0n) is 20.9. The van der Waals surface area contributed by atoms with E-state index >= 15 is 0 Å². The Kier molecular flexibility index (Phi) is 10.4. The van der Waals surface area contributed by atoms with Crippen LogP contribution >= 0.6 is 0 Å². The Morgan fingerprint density at radius 1 is 1.00 bits per heavy atom. The average molecular weight is 466 g/mol. The second-order valence-electron chi connectivity index (χ2n) is 9.04. The third kappa shape index (κ3) is 7.87. The van der Waals surface area contributed by atoms with E-state index < -0.39 is 0 Å². The van der Waals surface area contributed by atoms with Gasteiger partial charge in [-0.1, -0.05) is 44.5 Å². The lowest BCUT2D eigenvalue weighted by Crippen LogP contribution is -2.27. The van der Waals surface area contributed by atoms with Gasteiger partial charge in [0.05, 0.1) is 17.6 Å². The number of benzene rings is 2. The number of hydrogen-bond donors (Lipinski definition) is 1. The van der Waals surface area contributed by atoms with Gasteiger partial charge in [-0.25, -0.2) is 4.98 Å². The molecule has 6 heteroatoms. The van der Waals surface area contributed by atoms with Crippen molar-refractivity contribution in [1.29, 1.82) is 0 Å². The number of amides is 1. The van der Waals surface area contributed by atoms with Crippen molar-refractivity contribution in [2.45, 2.75) is 64.8 Å². The van der Waals surface area contributed by atoms with Crippen LogP contribution in [0.15, 0.2) is 48.5 Å². The number of carbonyl (C=O) groups is 1. The molecule has 0 atom stereocenters. The van der Waals surface area contributed by atoms with Crippen LogP contribution in [0.25, 0.3) is 11.0 Å². The predicted octanol–water partition coefficient (Wildman–Crippen LogP) is 5.49. The van der Waals surface area contributed by atoms with Crippen LogP contribution in [0.3, 0.4) is 0 Å². The van der Waals surface area contributed by atoms with Crippen molar-refractivity contribution in [2.75, 3.05) is 26.9 Å². The second-order valence-corrected chi connectivity index (χ2v) is 9.04. The number of carbonyl (C=O) groups excluding carboxylic acids is 1. The van der Waals surface area contributed by atoms with Gasteiger partial charge in [-0.05, 0) is 61.4 Å². The van der Waals surface area contributed by atoms with E-state index in [-0.39, 0.29) is 12.5 Å². The Morgan fingerprint density at radius 3 is 2.56 bits per heavy atom. The molecule has 3 rings (SSSR count). The molecule has 0 aliphatic carbocycles. The molecule has 0 aliphatic rings. The zero-order valence-corrected chi connectivity index (χ0v) is 20.9. The zero-order chi connectivity index (χ0) is 24.2. The molecule has 1 amide bonds. The van der Waals surface area contributed by atoms with E-state index in [2.05, 4.69) is 66.2 Å². The summed E-state index contributed by atoms with van der Waals surface area (Å²) in [4.78, 5) is 16.3. The molecule has 3 aromatic rings. The van der Waals surface area contributed by atoms with Gasteiger partial charge in [0.2, 0.25) is 5.91 Å². The first-order valence-corrected chi connectivity index (χ1v) is 12.5. The van der Waals surface area contributed by atoms with Crippen LogP contribution in [0.4, 0.5) is 0 Å². The SMILES string of the molecule is COCC(=O)NCCCCCc1nc2ccccc2n1CCCCOc1ccc(C(C)C)cc1. The Labute approximate surface area is 203 Å². The number of fused-ring (bicyclic) bond motifs is 1. The van der Waals surface area contributed by atoms with Gasteiger partial charge in [-0.15, -0.1) is 0 Å². The van der Waals surface area contributed by atoms with E-state index in [1.165, 1.54) is 18.2 Å². The number of unbranched alkanes of at least 4 members (excludes halogenated alkanes) is 3. The van der Waals surface area contributed by atoms with Gasteiger partial charge >= 0.3 is 0 Å². The molecule has 1 heterocycles. The monoisotopic (exact) mass is 465 g/mol. The highest BCUT2D eigenvalue weighted by Gasteiger charge is 2.10. The number of methoxy groups -OCH3 is 1. The van der Waals surface area contributed by atoms with Crippen molar-refractivity contribution in [3.63, 3.8) is 0 Å².